The van der Waals surface area contributed by atoms with Gasteiger partial charge in [0.1, 0.15) is 0 Å². The molecule has 26 heavy (non-hydrogen) atoms. The molecule has 0 aliphatic rings. The summed E-state index contributed by atoms with van der Waals surface area (Å²) >= 11 is 0. The van der Waals surface area contributed by atoms with Crippen molar-refractivity contribution in [2.24, 2.45) is 16.6 Å². The second-order valence-electron chi connectivity index (χ2n) is 7.04. The number of aliphatic imine (C=N–C) groups is 1. The highest BCUT2D eigenvalue weighted by atomic mass is 127. The predicted molar refractivity (Wildman–Crippen MR) is 120 cm³/mol. The summed E-state index contributed by atoms with van der Waals surface area (Å²) in [5.41, 5.74) is 8.45. The van der Waals surface area contributed by atoms with Gasteiger partial charge in [0, 0.05) is 18.4 Å². The van der Waals surface area contributed by atoms with Crippen molar-refractivity contribution in [2.45, 2.75) is 59.2 Å². The maximum Gasteiger partial charge on any atom is 0.189 e. The molecular formula is C20H32IN5. The Labute approximate surface area is 174 Å². The SMILES string of the molecule is CC(C)CCCC(C)NC(N)=NCc1ccccc1Cn1cccn1.I. The van der Waals surface area contributed by atoms with Gasteiger partial charge in [0.15, 0.2) is 5.96 Å². The van der Waals surface area contributed by atoms with E-state index < -0.39 is 0 Å². The fourth-order valence-corrected chi connectivity index (χ4v) is 2.81. The van der Waals surface area contributed by atoms with Gasteiger partial charge < -0.3 is 11.1 Å². The summed E-state index contributed by atoms with van der Waals surface area (Å²) in [5.74, 6) is 1.27. The summed E-state index contributed by atoms with van der Waals surface area (Å²) in [6.07, 6.45) is 7.35. The molecule has 0 radical (unpaired) electrons. The molecule has 2 rings (SSSR count). The van der Waals surface area contributed by atoms with Gasteiger partial charge in [0.25, 0.3) is 0 Å². The van der Waals surface area contributed by atoms with Gasteiger partial charge in [-0.3, -0.25) is 4.68 Å². The Morgan fingerprint density at radius 2 is 1.88 bits per heavy atom. The molecule has 144 valence electrons. The van der Waals surface area contributed by atoms with E-state index in [1.165, 1.54) is 24.0 Å². The van der Waals surface area contributed by atoms with E-state index in [9.17, 15) is 0 Å². The van der Waals surface area contributed by atoms with Crippen LogP contribution in [0, 0.1) is 5.92 Å². The topological polar surface area (TPSA) is 68.2 Å². The molecule has 0 saturated heterocycles. The standard InChI is InChI=1S/C20H31N5.HI/c1-16(2)8-6-9-17(3)24-20(21)22-14-18-10-4-5-11-19(18)15-25-13-7-12-23-25;/h4-5,7,10-13,16-17H,6,8-9,14-15H2,1-3H3,(H3,21,22,24);1H. The van der Waals surface area contributed by atoms with Crippen LogP contribution in [-0.2, 0) is 13.1 Å². The summed E-state index contributed by atoms with van der Waals surface area (Å²) < 4.78 is 1.92. The van der Waals surface area contributed by atoms with E-state index in [1.807, 2.05) is 29.1 Å². The van der Waals surface area contributed by atoms with Crippen molar-refractivity contribution in [3.63, 3.8) is 0 Å². The first-order valence-electron chi connectivity index (χ1n) is 9.15. The minimum atomic E-state index is 0. The highest BCUT2D eigenvalue weighted by molar-refractivity contribution is 14.0. The lowest BCUT2D eigenvalue weighted by molar-refractivity contribution is 0.493. The number of hydrogen-bond donors (Lipinski definition) is 2. The van der Waals surface area contributed by atoms with Gasteiger partial charge in [0.05, 0.1) is 13.1 Å². The van der Waals surface area contributed by atoms with Crippen molar-refractivity contribution in [3.8, 4) is 0 Å². The third kappa shape index (κ3) is 8.21. The van der Waals surface area contributed by atoms with Crippen LogP contribution in [0.15, 0.2) is 47.7 Å². The minimum Gasteiger partial charge on any atom is -0.370 e. The lowest BCUT2D eigenvalue weighted by Gasteiger charge is -2.15. The summed E-state index contributed by atoms with van der Waals surface area (Å²) in [4.78, 5) is 4.52. The fourth-order valence-electron chi connectivity index (χ4n) is 2.81. The number of rotatable bonds is 9. The minimum absolute atomic E-state index is 0. The first kappa shape index (κ1) is 22.5. The summed E-state index contributed by atoms with van der Waals surface area (Å²) in [6.45, 7) is 8.00. The van der Waals surface area contributed by atoms with E-state index in [2.05, 4.69) is 48.3 Å². The molecule has 1 aromatic heterocycles. The largest absolute Gasteiger partial charge is 0.370 e. The van der Waals surface area contributed by atoms with Gasteiger partial charge in [-0.25, -0.2) is 4.99 Å². The van der Waals surface area contributed by atoms with Gasteiger partial charge in [0.2, 0.25) is 0 Å². The number of nitrogens with zero attached hydrogens (tertiary/aromatic N) is 3. The van der Waals surface area contributed by atoms with Crippen molar-refractivity contribution >= 4 is 29.9 Å². The van der Waals surface area contributed by atoms with E-state index in [1.54, 1.807) is 6.20 Å². The Hall–Kier alpha value is -1.57. The number of hydrogen-bond acceptors (Lipinski definition) is 2. The Kier molecular flexibility index (Phi) is 10.3. The molecule has 6 heteroatoms. The molecule has 1 unspecified atom stereocenters. The molecule has 3 N–H and O–H groups in total. The Bertz CT molecular complexity index is 652. The van der Waals surface area contributed by atoms with Crippen molar-refractivity contribution in [1.82, 2.24) is 15.1 Å². The number of guanidine groups is 1. The molecule has 1 heterocycles. The van der Waals surface area contributed by atoms with Crippen molar-refractivity contribution < 1.29 is 0 Å². The average Bonchev–Trinajstić information content (AvgIpc) is 3.06. The number of aromatic nitrogens is 2. The molecule has 0 amide bonds. The average molecular weight is 469 g/mol. The maximum absolute atomic E-state index is 6.06. The molecule has 1 atom stereocenters. The Morgan fingerprint density at radius 3 is 2.54 bits per heavy atom. The second kappa shape index (κ2) is 11.9. The van der Waals surface area contributed by atoms with Crippen molar-refractivity contribution in [3.05, 3.63) is 53.9 Å². The quantitative estimate of drug-likeness (QED) is 0.329. The lowest BCUT2D eigenvalue weighted by atomic mass is 10.0. The van der Waals surface area contributed by atoms with Crippen LogP contribution in [0.3, 0.4) is 0 Å². The number of halogens is 1. The zero-order valence-electron chi connectivity index (χ0n) is 16.1. The van der Waals surface area contributed by atoms with Crippen LogP contribution in [0.4, 0.5) is 0 Å². The zero-order chi connectivity index (χ0) is 18.1. The van der Waals surface area contributed by atoms with Gasteiger partial charge in [-0.1, -0.05) is 51.0 Å². The molecule has 0 spiro atoms. The van der Waals surface area contributed by atoms with Crippen LogP contribution in [-0.4, -0.2) is 21.8 Å². The monoisotopic (exact) mass is 469 g/mol. The van der Waals surface area contributed by atoms with Crippen molar-refractivity contribution in [1.29, 1.82) is 0 Å². The second-order valence-corrected chi connectivity index (χ2v) is 7.04. The Morgan fingerprint density at radius 1 is 1.15 bits per heavy atom. The fraction of sp³-hybridized carbons (Fsp3) is 0.500. The van der Waals surface area contributed by atoms with E-state index in [-0.39, 0.29) is 24.0 Å². The first-order chi connectivity index (χ1) is 12.0. The summed E-state index contributed by atoms with van der Waals surface area (Å²) in [6, 6.07) is 10.6. The van der Waals surface area contributed by atoms with Crippen molar-refractivity contribution in [2.75, 3.05) is 0 Å². The molecule has 0 bridgehead atoms. The number of nitrogens with one attached hydrogen (secondary N) is 1. The van der Waals surface area contributed by atoms with Crippen LogP contribution >= 0.6 is 24.0 Å². The van der Waals surface area contributed by atoms with E-state index in [4.69, 9.17) is 5.73 Å². The summed E-state index contributed by atoms with van der Waals surface area (Å²) in [5, 5.41) is 7.57. The zero-order valence-corrected chi connectivity index (χ0v) is 18.4. The third-order valence-electron chi connectivity index (χ3n) is 4.24. The Balaban J connectivity index is 0.00000338. The molecular weight excluding hydrogens is 437 g/mol. The van der Waals surface area contributed by atoms with Crippen LogP contribution < -0.4 is 11.1 Å². The lowest BCUT2D eigenvalue weighted by Crippen LogP contribution is -2.38. The van der Waals surface area contributed by atoms with Crippen LogP contribution in [0.2, 0.25) is 0 Å². The first-order valence-corrected chi connectivity index (χ1v) is 9.15. The van der Waals surface area contributed by atoms with Gasteiger partial charge in [-0.15, -0.1) is 24.0 Å². The highest BCUT2D eigenvalue weighted by Gasteiger charge is 2.05. The predicted octanol–water partition coefficient (Wildman–Crippen LogP) is 4.17. The molecule has 0 aliphatic heterocycles. The van der Waals surface area contributed by atoms with Gasteiger partial charge >= 0.3 is 0 Å². The van der Waals surface area contributed by atoms with Gasteiger partial charge in [-0.05, 0) is 36.5 Å². The van der Waals surface area contributed by atoms with E-state index in [0.29, 0.717) is 18.5 Å². The molecule has 1 aromatic carbocycles. The molecule has 5 nitrogen and oxygen atoms in total. The number of nitrogens with two attached hydrogens (primary N) is 1. The van der Waals surface area contributed by atoms with Gasteiger partial charge in [-0.2, -0.15) is 5.10 Å². The molecule has 2 aromatic rings. The molecule has 0 saturated carbocycles. The van der Waals surface area contributed by atoms with Crippen LogP contribution in [0.25, 0.3) is 0 Å². The molecule has 0 fully saturated rings. The smallest absolute Gasteiger partial charge is 0.189 e. The van der Waals surface area contributed by atoms with E-state index in [0.717, 1.165) is 18.9 Å². The van der Waals surface area contributed by atoms with Crippen LogP contribution in [0.5, 0.6) is 0 Å². The number of benzene rings is 1. The molecule has 0 aliphatic carbocycles. The van der Waals surface area contributed by atoms with Crippen LogP contribution in [0.1, 0.15) is 51.2 Å². The highest BCUT2D eigenvalue weighted by Crippen LogP contribution is 2.12. The third-order valence-corrected chi connectivity index (χ3v) is 4.24. The van der Waals surface area contributed by atoms with E-state index >= 15 is 0 Å². The normalized spacial score (nSPS) is 12.7. The maximum atomic E-state index is 6.06. The summed E-state index contributed by atoms with van der Waals surface area (Å²) in [7, 11) is 0.